The van der Waals surface area contributed by atoms with Crippen LogP contribution in [0, 0.1) is 11.8 Å². The molecule has 16 heavy (non-hydrogen) atoms. The second-order valence-electron chi connectivity index (χ2n) is 3.37. The molecule has 0 heterocycles. The van der Waals surface area contributed by atoms with Crippen LogP contribution in [0.15, 0.2) is 24.3 Å². The van der Waals surface area contributed by atoms with Gasteiger partial charge in [-0.15, -0.1) is 0 Å². The van der Waals surface area contributed by atoms with Crippen LogP contribution < -0.4 is 5.32 Å². The summed E-state index contributed by atoms with van der Waals surface area (Å²) in [6, 6.07) is 8.09. The van der Waals surface area contributed by atoms with Gasteiger partial charge in [0.15, 0.2) is 0 Å². The smallest absolute Gasteiger partial charge is 0.216 e. The van der Waals surface area contributed by atoms with E-state index in [2.05, 4.69) is 45.2 Å². The molecule has 0 saturated heterocycles. The van der Waals surface area contributed by atoms with Crippen molar-refractivity contribution in [3.8, 4) is 11.8 Å². The van der Waals surface area contributed by atoms with E-state index in [0.29, 0.717) is 13.0 Å². The molecule has 0 saturated carbocycles. The van der Waals surface area contributed by atoms with Gasteiger partial charge in [-0.2, -0.15) is 0 Å². The van der Waals surface area contributed by atoms with Crippen LogP contribution >= 0.6 is 15.9 Å². The molecule has 1 amide bonds. The van der Waals surface area contributed by atoms with Gasteiger partial charge in [0.25, 0.3) is 0 Å². The summed E-state index contributed by atoms with van der Waals surface area (Å²) in [5.41, 5.74) is 2.23. The summed E-state index contributed by atoms with van der Waals surface area (Å²) < 4.78 is 0. The zero-order valence-electron chi connectivity index (χ0n) is 9.22. The maximum absolute atomic E-state index is 10.6. The third kappa shape index (κ3) is 4.99. The molecular formula is C13H14BrNO. The first kappa shape index (κ1) is 12.8. The molecular weight excluding hydrogens is 266 g/mol. The minimum atomic E-state index is -0.0110. The van der Waals surface area contributed by atoms with Crippen LogP contribution in [0.1, 0.15) is 24.5 Å². The van der Waals surface area contributed by atoms with E-state index >= 15 is 0 Å². The van der Waals surface area contributed by atoms with Crippen LogP contribution in [0.5, 0.6) is 0 Å². The molecule has 3 heteroatoms. The molecule has 0 atom stereocenters. The molecule has 1 rings (SSSR count). The number of carbonyl (C=O) groups is 1. The van der Waals surface area contributed by atoms with Crippen LogP contribution in [0.3, 0.4) is 0 Å². The van der Waals surface area contributed by atoms with Crippen molar-refractivity contribution < 1.29 is 4.79 Å². The molecule has 0 aliphatic carbocycles. The predicted molar refractivity (Wildman–Crippen MR) is 69.3 cm³/mol. The van der Waals surface area contributed by atoms with Crippen LogP contribution in [0.25, 0.3) is 0 Å². The second kappa shape index (κ2) is 7.08. The van der Waals surface area contributed by atoms with Crippen molar-refractivity contribution in [2.75, 3.05) is 6.54 Å². The summed E-state index contributed by atoms with van der Waals surface area (Å²) in [4.78, 5) is 10.6. The van der Waals surface area contributed by atoms with Crippen LogP contribution in [-0.4, -0.2) is 12.5 Å². The first-order chi connectivity index (χ1) is 7.72. The zero-order valence-corrected chi connectivity index (χ0v) is 10.8. The lowest BCUT2D eigenvalue weighted by Gasteiger charge is -1.96. The molecule has 1 aromatic rings. The third-order valence-corrected chi connectivity index (χ3v) is 2.59. The Morgan fingerprint density at radius 3 is 3.00 bits per heavy atom. The Kier molecular flexibility index (Phi) is 5.66. The maximum atomic E-state index is 10.6. The van der Waals surface area contributed by atoms with Gasteiger partial charge in [-0.05, 0) is 17.7 Å². The van der Waals surface area contributed by atoms with Crippen molar-refractivity contribution in [3.63, 3.8) is 0 Å². The van der Waals surface area contributed by atoms with Gasteiger partial charge in [0.2, 0.25) is 5.91 Å². The Hall–Kier alpha value is -1.27. The van der Waals surface area contributed by atoms with E-state index < -0.39 is 0 Å². The molecule has 0 fully saturated rings. The molecule has 1 N–H and O–H groups in total. The summed E-state index contributed by atoms with van der Waals surface area (Å²) in [6.07, 6.45) is 0.679. The summed E-state index contributed by atoms with van der Waals surface area (Å²) in [5, 5.41) is 3.55. The van der Waals surface area contributed by atoms with E-state index in [-0.39, 0.29) is 5.91 Å². The normalized spacial score (nSPS) is 9.12. The van der Waals surface area contributed by atoms with Gasteiger partial charge in [-0.1, -0.05) is 39.9 Å². The Morgan fingerprint density at radius 2 is 2.31 bits per heavy atom. The monoisotopic (exact) mass is 279 g/mol. The number of halogens is 1. The average molecular weight is 280 g/mol. The van der Waals surface area contributed by atoms with E-state index in [1.54, 1.807) is 0 Å². The highest BCUT2D eigenvalue weighted by molar-refractivity contribution is 9.08. The lowest BCUT2D eigenvalue weighted by Crippen LogP contribution is -2.20. The summed E-state index contributed by atoms with van der Waals surface area (Å²) >= 11 is 3.40. The van der Waals surface area contributed by atoms with E-state index in [1.165, 1.54) is 12.5 Å². The highest BCUT2D eigenvalue weighted by atomic mass is 79.9. The number of rotatable bonds is 3. The third-order valence-electron chi connectivity index (χ3n) is 1.94. The number of amides is 1. The molecule has 0 aromatic heterocycles. The number of nitrogens with one attached hydrogen (secondary N) is 1. The van der Waals surface area contributed by atoms with Gasteiger partial charge in [-0.3, -0.25) is 4.79 Å². The first-order valence-corrected chi connectivity index (χ1v) is 6.22. The topological polar surface area (TPSA) is 29.1 Å². The SMILES string of the molecule is CC(=O)NCCC#Cc1cccc(CBr)c1. The summed E-state index contributed by atoms with van der Waals surface area (Å²) in [7, 11) is 0. The van der Waals surface area contributed by atoms with Crippen LogP contribution in [0.4, 0.5) is 0 Å². The lowest BCUT2D eigenvalue weighted by molar-refractivity contribution is -0.118. The van der Waals surface area contributed by atoms with Gasteiger partial charge in [-0.25, -0.2) is 0 Å². The van der Waals surface area contributed by atoms with E-state index in [9.17, 15) is 4.79 Å². The molecule has 0 aliphatic rings. The largest absolute Gasteiger partial charge is 0.355 e. The Labute approximate surface area is 105 Å². The average Bonchev–Trinajstić information content (AvgIpc) is 2.28. The standard InChI is InChI=1S/C13H14BrNO/c1-11(16)15-8-3-2-5-12-6-4-7-13(9-12)10-14/h4,6-7,9H,3,8,10H2,1H3,(H,15,16). The number of hydrogen-bond donors (Lipinski definition) is 1. The maximum Gasteiger partial charge on any atom is 0.216 e. The van der Waals surface area contributed by atoms with E-state index in [0.717, 1.165) is 10.9 Å². The molecule has 0 bridgehead atoms. The summed E-state index contributed by atoms with van der Waals surface area (Å²) in [5.74, 6) is 6.09. The van der Waals surface area contributed by atoms with Crippen molar-refractivity contribution in [3.05, 3.63) is 35.4 Å². The van der Waals surface area contributed by atoms with Crippen molar-refractivity contribution in [2.45, 2.75) is 18.7 Å². The fourth-order valence-electron chi connectivity index (χ4n) is 1.20. The molecule has 0 aliphatic heterocycles. The quantitative estimate of drug-likeness (QED) is 0.514. The molecule has 2 nitrogen and oxygen atoms in total. The number of benzene rings is 1. The number of alkyl halides is 1. The molecule has 84 valence electrons. The Bertz CT molecular complexity index is 417. The molecule has 0 unspecified atom stereocenters. The van der Waals surface area contributed by atoms with Gasteiger partial charge < -0.3 is 5.32 Å². The van der Waals surface area contributed by atoms with Gasteiger partial charge in [0.1, 0.15) is 0 Å². The second-order valence-corrected chi connectivity index (χ2v) is 3.93. The number of carbonyl (C=O) groups excluding carboxylic acids is 1. The van der Waals surface area contributed by atoms with Crippen molar-refractivity contribution in [2.24, 2.45) is 0 Å². The fourth-order valence-corrected chi connectivity index (χ4v) is 1.55. The highest BCUT2D eigenvalue weighted by Crippen LogP contribution is 2.07. The minimum absolute atomic E-state index is 0.0110. The van der Waals surface area contributed by atoms with Crippen LogP contribution in [0.2, 0.25) is 0 Å². The van der Waals surface area contributed by atoms with Crippen molar-refractivity contribution >= 4 is 21.8 Å². The number of hydrogen-bond acceptors (Lipinski definition) is 1. The first-order valence-electron chi connectivity index (χ1n) is 5.10. The van der Waals surface area contributed by atoms with E-state index in [1.807, 2.05) is 12.1 Å². The fraction of sp³-hybridized carbons (Fsp3) is 0.308. The zero-order chi connectivity index (χ0) is 11.8. The molecule has 0 radical (unpaired) electrons. The van der Waals surface area contributed by atoms with Gasteiger partial charge in [0, 0.05) is 30.8 Å². The minimum Gasteiger partial charge on any atom is -0.355 e. The van der Waals surface area contributed by atoms with Gasteiger partial charge >= 0.3 is 0 Å². The van der Waals surface area contributed by atoms with Gasteiger partial charge in [0.05, 0.1) is 0 Å². The lowest BCUT2D eigenvalue weighted by atomic mass is 10.1. The Morgan fingerprint density at radius 1 is 1.50 bits per heavy atom. The Balaban J connectivity index is 2.46. The van der Waals surface area contributed by atoms with E-state index in [4.69, 9.17) is 0 Å². The van der Waals surface area contributed by atoms with Crippen LogP contribution in [-0.2, 0) is 10.1 Å². The molecule has 0 spiro atoms. The molecule has 1 aromatic carbocycles. The van der Waals surface area contributed by atoms with Crippen molar-refractivity contribution in [1.29, 1.82) is 0 Å². The van der Waals surface area contributed by atoms with Crippen molar-refractivity contribution in [1.82, 2.24) is 5.32 Å². The highest BCUT2D eigenvalue weighted by Gasteiger charge is 1.91. The summed E-state index contributed by atoms with van der Waals surface area (Å²) in [6.45, 7) is 2.12. The predicted octanol–water partition coefficient (Wildman–Crippen LogP) is 2.46.